The van der Waals surface area contributed by atoms with E-state index in [1.807, 2.05) is 16.8 Å². The maximum absolute atomic E-state index is 14.3. The van der Waals surface area contributed by atoms with Crippen LogP contribution in [0, 0.1) is 5.82 Å². The normalized spacial score (nSPS) is 14.0. The smallest absolute Gasteiger partial charge is 0.164 e. The molecule has 1 aliphatic heterocycles. The van der Waals surface area contributed by atoms with Crippen LogP contribution in [-0.2, 0) is 11.3 Å². The highest BCUT2D eigenvalue weighted by Gasteiger charge is 2.24. The van der Waals surface area contributed by atoms with Crippen molar-refractivity contribution in [1.82, 2.24) is 29.7 Å². The molecule has 0 atom stereocenters. The largest absolute Gasteiger partial charge is 0.489 e. The molecule has 0 aliphatic carbocycles. The molecule has 2 N–H and O–H groups in total. The second-order valence-electron chi connectivity index (χ2n) is 8.88. The maximum atomic E-state index is 14.3. The van der Waals surface area contributed by atoms with Gasteiger partial charge >= 0.3 is 0 Å². The summed E-state index contributed by atoms with van der Waals surface area (Å²) in [6, 6.07) is 11.7. The first kappa shape index (κ1) is 23.7. The summed E-state index contributed by atoms with van der Waals surface area (Å²) in [5, 5.41) is 5.60. The Morgan fingerprint density at radius 2 is 1.71 bits per heavy atom. The summed E-state index contributed by atoms with van der Waals surface area (Å²) >= 11 is 0. The number of nitrogens with two attached hydrogens (primary N) is 1. The highest BCUT2D eigenvalue weighted by molar-refractivity contribution is 5.98. The number of hydrogen-bond donors (Lipinski definition) is 1. The van der Waals surface area contributed by atoms with Gasteiger partial charge in [-0.2, -0.15) is 5.10 Å². The van der Waals surface area contributed by atoms with Crippen molar-refractivity contribution >= 4 is 16.9 Å². The highest BCUT2D eigenvalue weighted by atomic mass is 19.1. The van der Waals surface area contributed by atoms with Gasteiger partial charge in [0.15, 0.2) is 5.65 Å². The number of aromatic nitrogens is 6. The molecule has 5 aromatic rings. The third kappa shape index (κ3) is 4.96. The minimum absolute atomic E-state index is 0.177. The van der Waals surface area contributed by atoms with Crippen LogP contribution >= 0.6 is 0 Å². The number of nitrogen functional groups attached to an aromatic ring is 1. The number of anilines is 1. The first-order valence-electron chi connectivity index (χ1n) is 12.2. The van der Waals surface area contributed by atoms with Gasteiger partial charge < -0.3 is 19.9 Å². The van der Waals surface area contributed by atoms with Crippen LogP contribution in [0.1, 0.15) is 24.4 Å². The molecule has 10 nitrogen and oxygen atoms in total. The molecule has 0 saturated carbocycles. The van der Waals surface area contributed by atoms with E-state index >= 15 is 0 Å². The Morgan fingerprint density at radius 1 is 0.947 bits per heavy atom. The summed E-state index contributed by atoms with van der Waals surface area (Å²) < 4.78 is 33.3. The Labute approximate surface area is 217 Å². The average molecular weight is 514 g/mol. The quantitative estimate of drug-likeness (QED) is 0.329. The second-order valence-corrected chi connectivity index (χ2v) is 8.88. The molecule has 0 radical (unpaired) electrons. The Bertz CT molecular complexity index is 1560. The molecule has 38 heavy (non-hydrogen) atoms. The Hall–Kier alpha value is -4.64. The fourth-order valence-electron chi connectivity index (χ4n) is 4.45. The van der Waals surface area contributed by atoms with E-state index in [-0.39, 0.29) is 12.6 Å². The van der Waals surface area contributed by atoms with Gasteiger partial charge in [-0.1, -0.05) is 0 Å². The molecule has 2 aromatic carbocycles. The minimum atomic E-state index is -0.473. The third-order valence-corrected chi connectivity index (χ3v) is 6.28. The van der Waals surface area contributed by atoms with Crippen molar-refractivity contribution in [1.29, 1.82) is 0 Å². The lowest BCUT2D eigenvalue weighted by Crippen LogP contribution is -2.20. The van der Waals surface area contributed by atoms with Crippen LogP contribution in [0.25, 0.3) is 22.3 Å². The van der Waals surface area contributed by atoms with E-state index in [4.69, 9.17) is 25.0 Å². The zero-order chi connectivity index (χ0) is 25.9. The standard InChI is InChI=1S/C27H24FN7O3/c28-19-9-22(37-14-17-12-30-15-31-13-17)11-23(10-19)38-21-3-1-18(2-4-21)25-24-26(29)32-16-33-27(24)35(34-25)20-5-7-36-8-6-20/h1-4,9-13,15-16,20H,5-8,14H2,(H2,29,32,33). The fourth-order valence-corrected chi connectivity index (χ4v) is 4.45. The molecule has 0 bridgehead atoms. The van der Waals surface area contributed by atoms with Gasteiger partial charge in [-0.3, -0.25) is 0 Å². The molecule has 192 valence electrons. The summed E-state index contributed by atoms with van der Waals surface area (Å²) in [4.78, 5) is 16.6. The third-order valence-electron chi connectivity index (χ3n) is 6.28. The van der Waals surface area contributed by atoms with Crippen molar-refractivity contribution in [2.24, 2.45) is 0 Å². The van der Waals surface area contributed by atoms with Gasteiger partial charge in [0.1, 0.15) is 53.8 Å². The lowest BCUT2D eigenvalue weighted by atomic mass is 10.1. The number of benzene rings is 2. The van der Waals surface area contributed by atoms with E-state index in [1.54, 1.807) is 30.6 Å². The molecule has 0 spiro atoms. The molecular formula is C27H24FN7O3. The van der Waals surface area contributed by atoms with Crippen molar-refractivity contribution < 1.29 is 18.6 Å². The molecule has 3 aromatic heterocycles. The van der Waals surface area contributed by atoms with Crippen molar-refractivity contribution in [3.05, 3.63) is 78.9 Å². The Morgan fingerprint density at radius 3 is 2.50 bits per heavy atom. The zero-order valence-electron chi connectivity index (χ0n) is 20.3. The van der Waals surface area contributed by atoms with E-state index in [9.17, 15) is 4.39 Å². The number of halogens is 1. The number of rotatable bonds is 7. The van der Waals surface area contributed by atoms with Crippen LogP contribution in [0.3, 0.4) is 0 Å². The first-order chi connectivity index (χ1) is 18.6. The predicted octanol–water partition coefficient (Wildman–Crippen LogP) is 4.73. The number of fused-ring (bicyclic) bond motifs is 1. The fraction of sp³-hybridized carbons (Fsp3) is 0.222. The van der Waals surface area contributed by atoms with Crippen molar-refractivity contribution in [2.45, 2.75) is 25.5 Å². The van der Waals surface area contributed by atoms with E-state index in [0.717, 1.165) is 24.0 Å². The molecular weight excluding hydrogens is 489 g/mol. The van der Waals surface area contributed by atoms with Gasteiger partial charge in [-0.05, 0) is 37.1 Å². The van der Waals surface area contributed by atoms with Crippen molar-refractivity contribution in [3.63, 3.8) is 0 Å². The van der Waals surface area contributed by atoms with Crippen LogP contribution < -0.4 is 15.2 Å². The summed E-state index contributed by atoms with van der Waals surface area (Å²) in [7, 11) is 0. The number of nitrogens with zero attached hydrogens (tertiary/aromatic N) is 6. The molecule has 1 fully saturated rings. The van der Waals surface area contributed by atoms with Gasteiger partial charge in [0, 0.05) is 54.9 Å². The van der Waals surface area contributed by atoms with Gasteiger partial charge in [0.2, 0.25) is 0 Å². The number of hydrogen-bond acceptors (Lipinski definition) is 9. The zero-order valence-corrected chi connectivity index (χ0v) is 20.3. The Balaban J connectivity index is 1.24. The van der Waals surface area contributed by atoms with Crippen LogP contribution in [-0.4, -0.2) is 42.9 Å². The van der Waals surface area contributed by atoms with Crippen LogP contribution in [0.2, 0.25) is 0 Å². The van der Waals surface area contributed by atoms with Gasteiger partial charge in [0.05, 0.1) is 11.4 Å². The molecule has 0 amide bonds. The van der Waals surface area contributed by atoms with Gasteiger partial charge in [-0.15, -0.1) is 0 Å². The topological polar surface area (TPSA) is 123 Å². The minimum Gasteiger partial charge on any atom is -0.489 e. The SMILES string of the molecule is Nc1ncnc2c1c(-c1ccc(Oc3cc(F)cc(OCc4cncnc4)c3)cc1)nn2C1CCOCC1. The summed E-state index contributed by atoms with van der Waals surface area (Å²) in [5.74, 6) is 1.07. The van der Waals surface area contributed by atoms with E-state index < -0.39 is 5.82 Å². The first-order valence-corrected chi connectivity index (χ1v) is 12.2. The monoisotopic (exact) mass is 513 g/mol. The summed E-state index contributed by atoms with van der Waals surface area (Å²) in [6.07, 6.45) is 7.88. The number of ether oxygens (including phenoxy) is 3. The lowest BCUT2D eigenvalue weighted by Gasteiger charge is -2.22. The molecule has 11 heteroatoms. The average Bonchev–Trinajstić information content (AvgIpc) is 3.34. The van der Waals surface area contributed by atoms with Gasteiger partial charge in [0.25, 0.3) is 0 Å². The van der Waals surface area contributed by atoms with Gasteiger partial charge in [-0.25, -0.2) is 29.0 Å². The lowest BCUT2D eigenvalue weighted by molar-refractivity contribution is 0.0674. The summed E-state index contributed by atoms with van der Waals surface area (Å²) in [6.45, 7) is 1.57. The van der Waals surface area contributed by atoms with Crippen LogP contribution in [0.15, 0.2) is 67.5 Å². The molecule has 6 rings (SSSR count). The van der Waals surface area contributed by atoms with Crippen LogP contribution in [0.5, 0.6) is 17.2 Å². The maximum Gasteiger partial charge on any atom is 0.164 e. The predicted molar refractivity (Wildman–Crippen MR) is 137 cm³/mol. The van der Waals surface area contributed by atoms with E-state index in [0.29, 0.717) is 53.0 Å². The van der Waals surface area contributed by atoms with E-state index in [2.05, 4.69) is 19.9 Å². The summed E-state index contributed by atoms with van der Waals surface area (Å²) in [5.41, 5.74) is 9.26. The van der Waals surface area contributed by atoms with Crippen LogP contribution in [0.4, 0.5) is 10.2 Å². The van der Waals surface area contributed by atoms with Crippen molar-refractivity contribution in [2.75, 3.05) is 18.9 Å². The van der Waals surface area contributed by atoms with Crippen molar-refractivity contribution in [3.8, 4) is 28.5 Å². The Kier molecular flexibility index (Phi) is 6.49. The highest BCUT2D eigenvalue weighted by Crippen LogP contribution is 2.35. The van der Waals surface area contributed by atoms with E-state index in [1.165, 1.54) is 24.8 Å². The molecule has 4 heterocycles. The molecule has 1 saturated heterocycles. The molecule has 1 aliphatic rings. The second kappa shape index (κ2) is 10.4. The molecule has 0 unspecified atom stereocenters.